The number of hydrogen-bond acceptors (Lipinski definition) is 6. The van der Waals surface area contributed by atoms with E-state index in [-0.39, 0.29) is 33.6 Å². The molecule has 1 aromatic heterocycles. The molecular formula is C18H18N2O6. The first kappa shape index (κ1) is 19.0. The van der Waals surface area contributed by atoms with Crippen LogP contribution in [0.4, 0.5) is 5.69 Å². The summed E-state index contributed by atoms with van der Waals surface area (Å²) >= 11 is 0. The van der Waals surface area contributed by atoms with Gasteiger partial charge in [-0.2, -0.15) is 0 Å². The zero-order valence-corrected chi connectivity index (χ0v) is 14.8. The number of pyridine rings is 1. The summed E-state index contributed by atoms with van der Waals surface area (Å²) in [6.07, 6.45) is -0.422. The maximum absolute atomic E-state index is 12.6. The van der Waals surface area contributed by atoms with E-state index < -0.39 is 23.0 Å². The van der Waals surface area contributed by atoms with Gasteiger partial charge in [0.05, 0.1) is 33.5 Å². The smallest absolute Gasteiger partial charge is 0.340 e. The second-order valence-corrected chi connectivity index (χ2v) is 5.97. The number of aryl methyl sites for hydroxylation is 2. The van der Waals surface area contributed by atoms with Crippen molar-refractivity contribution >= 4 is 17.6 Å². The zero-order valence-electron chi connectivity index (χ0n) is 14.8. The van der Waals surface area contributed by atoms with Gasteiger partial charge in [0.2, 0.25) is 0 Å². The van der Waals surface area contributed by atoms with E-state index in [1.54, 1.807) is 20.8 Å². The number of carboxylic acids is 1. The van der Waals surface area contributed by atoms with Crippen LogP contribution in [0.5, 0.6) is 0 Å². The van der Waals surface area contributed by atoms with Crippen LogP contribution < -0.4 is 0 Å². The molecular weight excluding hydrogens is 340 g/mol. The number of rotatable bonds is 5. The Hall–Kier alpha value is -3.29. The predicted octanol–water partition coefficient (Wildman–Crippen LogP) is 3.54. The Kier molecular flexibility index (Phi) is 5.35. The van der Waals surface area contributed by atoms with Crippen molar-refractivity contribution in [2.75, 3.05) is 0 Å². The topological polar surface area (TPSA) is 120 Å². The van der Waals surface area contributed by atoms with Crippen molar-refractivity contribution in [2.24, 2.45) is 0 Å². The van der Waals surface area contributed by atoms with E-state index in [0.29, 0.717) is 5.69 Å². The number of carbonyl (C=O) groups excluding carboxylic acids is 1. The van der Waals surface area contributed by atoms with Crippen LogP contribution in [0, 0.1) is 24.0 Å². The van der Waals surface area contributed by atoms with Gasteiger partial charge in [-0.3, -0.25) is 15.1 Å². The molecule has 0 amide bonds. The monoisotopic (exact) mass is 358 g/mol. The Balaban J connectivity index is 2.87. The summed E-state index contributed by atoms with van der Waals surface area (Å²) in [7, 11) is 0. The first-order valence-corrected chi connectivity index (χ1v) is 7.83. The molecule has 8 heteroatoms. The summed E-state index contributed by atoms with van der Waals surface area (Å²) in [6, 6.07) is 5.46. The SMILES string of the molecule is Cc1nc(C)c(C(=O)OC(C)C)c(-c2cccc([N+](=O)[O-])c2)c1C(=O)O. The molecule has 1 heterocycles. The van der Waals surface area contributed by atoms with E-state index in [2.05, 4.69) is 4.98 Å². The van der Waals surface area contributed by atoms with Gasteiger partial charge in [-0.15, -0.1) is 0 Å². The van der Waals surface area contributed by atoms with Crippen LogP contribution in [0.15, 0.2) is 24.3 Å². The van der Waals surface area contributed by atoms with Gasteiger partial charge in [0.15, 0.2) is 0 Å². The molecule has 0 atom stereocenters. The number of ether oxygens (including phenoxy) is 1. The number of hydrogen-bond donors (Lipinski definition) is 1. The highest BCUT2D eigenvalue weighted by atomic mass is 16.6. The van der Waals surface area contributed by atoms with E-state index >= 15 is 0 Å². The quantitative estimate of drug-likeness (QED) is 0.493. The first-order chi connectivity index (χ1) is 12.1. The van der Waals surface area contributed by atoms with Gasteiger partial charge >= 0.3 is 11.9 Å². The Labute approximate surface area is 149 Å². The fourth-order valence-corrected chi connectivity index (χ4v) is 2.70. The van der Waals surface area contributed by atoms with Crippen LogP contribution >= 0.6 is 0 Å². The Morgan fingerprint density at radius 3 is 2.35 bits per heavy atom. The van der Waals surface area contributed by atoms with Crippen molar-refractivity contribution in [3.8, 4) is 11.1 Å². The summed E-state index contributed by atoms with van der Waals surface area (Å²) in [5, 5.41) is 20.7. The number of nitro benzene ring substituents is 1. The van der Waals surface area contributed by atoms with Crippen molar-refractivity contribution in [3.05, 3.63) is 56.9 Å². The van der Waals surface area contributed by atoms with Crippen LogP contribution in [-0.2, 0) is 4.74 Å². The van der Waals surface area contributed by atoms with E-state index in [9.17, 15) is 24.8 Å². The normalized spacial score (nSPS) is 10.7. The average molecular weight is 358 g/mol. The number of nitro groups is 1. The van der Waals surface area contributed by atoms with Gasteiger partial charge in [0, 0.05) is 17.7 Å². The molecule has 0 fully saturated rings. The van der Waals surface area contributed by atoms with Gasteiger partial charge < -0.3 is 9.84 Å². The summed E-state index contributed by atoms with van der Waals surface area (Å²) in [5.74, 6) is -2.01. The number of esters is 1. The number of benzene rings is 1. The molecule has 0 saturated heterocycles. The second kappa shape index (κ2) is 7.30. The maximum atomic E-state index is 12.6. The number of aromatic nitrogens is 1. The van der Waals surface area contributed by atoms with E-state index in [1.165, 1.54) is 31.2 Å². The van der Waals surface area contributed by atoms with Crippen molar-refractivity contribution in [1.82, 2.24) is 4.98 Å². The lowest BCUT2D eigenvalue weighted by atomic mass is 9.92. The molecule has 2 aromatic rings. The number of aromatic carboxylic acids is 1. The third-order valence-electron chi connectivity index (χ3n) is 3.67. The van der Waals surface area contributed by atoms with Crippen LogP contribution in [0.3, 0.4) is 0 Å². The minimum Gasteiger partial charge on any atom is -0.478 e. The van der Waals surface area contributed by atoms with Crippen molar-refractivity contribution < 1.29 is 24.4 Å². The van der Waals surface area contributed by atoms with Gasteiger partial charge in [0.1, 0.15) is 0 Å². The standard InChI is InChI=1S/C18H18N2O6/c1-9(2)26-18(23)15-11(4)19-10(3)14(17(21)22)16(15)12-6-5-7-13(8-12)20(24)25/h5-9H,1-4H3,(H,21,22). The molecule has 2 rings (SSSR count). The Morgan fingerprint density at radius 2 is 1.81 bits per heavy atom. The molecule has 0 saturated carbocycles. The molecule has 0 aliphatic heterocycles. The lowest BCUT2D eigenvalue weighted by Crippen LogP contribution is -2.18. The molecule has 1 aromatic carbocycles. The summed E-state index contributed by atoms with van der Waals surface area (Å²) in [4.78, 5) is 39.1. The van der Waals surface area contributed by atoms with Crippen molar-refractivity contribution in [2.45, 2.75) is 33.8 Å². The molecule has 0 aliphatic rings. The number of nitrogens with zero attached hydrogens (tertiary/aromatic N) is 2. The minimum atomic E-state index is -1.28. The zero-order chi connectivity index (χ0) is 19.6. The van der Waals surface area contributed by atoms with E-state index in [0.717, 1.165) is 0 Å². The lowest BCUT2D eigenvalue weighted by Gasteiger charge is -2.17. The molecule has 26 heavy (non-hydrogen) atoms. The van der Waals surface area contributed by atoms with Gasteiger partial charge in [-0.05, 0) is 33.3 Å². The Morgan fingerprint density at radius 1 is 1.19 bits per heavy atom. The third kappa shape index (κ3) is 3.69. The fourth-order valence-electron chi connectivity index (χ4n) is 2.70. The van der Waals surface area contributed by atoms with Crippen LogP contribution in [0.1, 0.15) is 46.0 Å². The average Bonchev–Trinajstić information content (AvgIpc) is 2.52. The summed E-state index contributed by atoms with van der Waals surface area (Å²) in [6.45, 7) is 6.41. The maximum Gasteiger partial charge on any atom is 0.340 e. The number of non-ortho nitro benzene ring substituents is 1. The third-order valence-corrected chi connectivity index (χ3v) is 3.67. The molecule has 0 spiro atoms. The first-order valence-electron chi connectivity index (χ1n) is 7.83. The van der Waals surface area contributed by atoms with Crippen LogP contribution in [0.2, 0.25) is 0 Å². The molecule has 0 bridgehead atoms. The van der Waals surface area contributed by atoms with Gasteiger partial charge in [-0.25, -0.2) is 9.59 Å². The largest absolute Gasteiger partial charge is 0.478 e. The lowest BCUT2D eigenvalue weighted by molar-refractivity contribution is -0.384. The van der Waals surface area contributed by atoms with Crippen LogP contribution in [0.25, 0.3) is 11.1 Å². The molecule has 0 aliphatic carbocycles. The van der Waals surface area contributed by atoms with E-state index in [1.807, 2.05) is 0 Å². The highest BCUT2D eigenvalue weighted by molar-refractivity contribution is 6.06. The summed E-state index contributed by atoms with van der Waals surface area (Å²) in [5.41, 5.74) is 0.387. The van der Waals surface area contributed by atoms with Gasteiger partial charge in [0.25, 0.3) is 5.69 Å². The van der Waals surface area contributed by atoms with Crippen LogP contribution in [-0.4, -0.2) is 33.1 Å². The molecule has 0 radical (unpaired) electrons. The molecule has 1 N–H and O–H groups in total. The molecule has 136 valence electrons. The fraction of sp³-hybridized carbons (Fsp3) is 0.278. The highest BCUT2D eigenvalue weighted by Crippen LogP contribution is 2.33. The predicted molar refractivity (Wildman–Crippen MR) is 93.3 cm³/mol. The van der Waals surface area contributed by atoms with Gasteiger partial charge in [-0.1, -0.05) is 12.1 Å². The highest BCUT2D eigenvalue weighted by Gasteiger charge is 2.28. The van der Waals surface area contributed by atoms with Crippen molar-refractivity contribution in [1.29, 1.82) is 0 Å². The van der Waals surface area contributed by atoms with E-state index in [4.69, 9.17) is 4.74 Å². The summed E-state index contributed by atoms with van der Waals surface area (Å²) < 4.78 is 5.23. The molecule has 8 nitrogen and oxygen atoms in total. The number of carbonyl (C=O) groups is 2. The Bertz CT molecular complexity index is 905. The minimum absolute atomic E-state index is 0.0119. The number of carboxylic acid groups (broad SMARTS) is 1. The molecule has 0 unspecified atom stereocenters. The van der Waals surface area contributed by atoms with Crippen molar-refractivity contribution in [3.63, 3.8) is 0 Å². The second-order valence-electron chi connectivity index (χ2n) is 5.97.